The fourth-order valence-corrected chi connectivity index (χ4v) is 3.54. The molecule has 5 nitrogen and oxygen atoms in total. The zero-order valence-electron chi connectivity index (χ0n) is 16.7. The first-order chi connectivity index (χ1) is 13.1. The summed E-state index contributed by atoms with van der Waals surface area (Å²) in [7, 11) is 1.68. The highest BCUT2D eigenvalue weighted by atomic mass is 19.2. The van der Waals surface area contributed by atoms with Crippen molar-refractivity contribution in [1.82, 2.24) is 5.32 Å². The molecule has 1 aromatic carbocycles. The maximum atomic E-state index is 13.7. The summed E-state index contributed by atoms with van der Waals surface area (Å²) < 4.78 is 39.9. The zero-order chi connectivity index (χ0) is 21.0. The van der Waals surface area contributed by atoms with Crippen LogP contribution in [0.1, 0.15) is 40.0 Å². The molecule has 1 saturated carbocycles. The van der Waals surface area contributed by atoms with Gasteiger partial charge in [0, 0.05) is 6.04 Å². The van der Waals surface area contributed by atoms with Crippen LogP contribution in [-0.2, 0) is 9.59 Å². The van der Waals surface area contributed by atoms with E-state index >= 15 is 0 Å². The van der Waals surface area contributed by atoms with E-state index in [-0.39, 0.29) is 18.5 Å². The van der Waals surface area contributed by atoms with Gasteiger partial charge in [0.05, 0.1) is 12.7 Å². The van der Waals surface area contributed by atoms with E-state index in [4.69, 9.17) is 0 Å². The quantitative estimate of drug-likeness (QED) is 0.639. The lowest BCUT2D eigenvalue weighted by Gasteiger charge is -2.35. The Labute approximate surface area is 163 Å². The van der Waals surface area contributed by atoms with Crippen LogP contribution in [0, 0.1) is 29.3 Å². The van der Waals surface area contributed by atoms with Crippen LogP contribution in [-0.4, -0.2) is 37.5 Å². The van der Waals surface area contributed by atoms with E-state index in [1.54, 1.807) is 14.0 Å². The van der Waals surface area contributed by atoms with E-state index in [0.29, 0.717) is 16.7 Å². The Hall–Kier alpha value is -2.09. The van der Waals surface area contributed by atoms with E-state index in [0.717, 1.165) is 31.4 Å². The Morgan fingerprint density at radius 1 is 1.18 bits per heavy atom. The topological polar surface area (TPSA) is 62.6 Å². The molecule has 2 rings (SSSR count). The lowest BCUT2D eigenvalue weighted by molar-refractivity contribution is -0.885. The molecular weight excluding hydrogens is 371 g/mol. The van der Waals surface area contributed by atoms with Crippen molar-refractivity contribution in [2.24, 2.45) is 11.8 Å². The van der Waals surface area contributed by atoms with Crippen LogP contribution >= 0.6 is 0 Å². The second-order valence-electron chi connectivity index (χ2n) is 7.90. The monoisotopic (exact) mass is 400 g/mol. The SMILES string of the molecule is C[C@H]1[C@@H](NC(=O)[C@@H](C)[NH+](C)CC(=O)Nc2ccc(F)c(F)c2F)CCC[C@@H]1C. The summed E-state index contributed by atoms with van der Waals surface area (Å²) in [4.78, 5) is 25.3. The van der Waals surface area contributed by atoms with E-state index < -0.39 is 35.1 Å². The molecule has 0 bridgehead atoms. The van der Waals surface area contributed by atoms with Crippen LogP contribution in [0.5, 0.6) is 0 Å². The minimum Gasteiger partial charge on any atom is -0.348 e. The molecule has 0 heterocycles. The van der Waals surface area contributed by atoms with Gasteiger partial charge >= 0.3 is 0 Å². The Kier molecular flexibility index (Phi) is 7.46. The van der Waals surface area contributed by atoms with Crippen molar-refractivity contribution in [1.29, 1.82) is 0 Å². The van der Waals surface area contributed by atoms with E-state index in [1.165, 1.54) is 0 Å². The predicted molar refractivity (Wildman–Crippen MR) is 100 cm³/mol. The number of carbonyl (C=O) groups excluding carboxylic acids is 2. The second-order valence-corrected chi connectivity index (χ2v) is 7.90. The third-order valence-corrected chi connectivity index (χ3v) is 5.92. The number of hydrogen-bond donors (Lipinski definition) is 3. The number of quaternary nitrogens is 1. The molecule has 2 amide bonds. The van der Waals surface area contributed by atoms with Gasteiger partial charge in [-0.25, -0.2) is 13.2 Å². The molecule has 1 aliphatic rings. The summed E-state index contributed by atoms with van der Waals surface area (Å²) in [6, 6.07) is 1.33. The molecule has 1 unspecified atom stereocenters. The second kappa shape index (κ2) is 9.41. The highest BCUT2D eigenvalue weighted by Gasteiger charge is 2.31. The lowest BCUT2D eigenvalue weighted by atomic mass is 9.78. The fraction of sp³-hybridized carbons (Fsp3) is 0.600. The number of halogens is 3. The average molecular weight is 400 g/mol. The summed E-state index contributed by atoms with van der Waals surface area (Å²) in [6.07, 6.45) is 3.18. The summed E-state index contributed by atoms with van der Waals surface area (Å²) in [5.41, 5.74) is -0.432. The predicted octanol–water partition coefficient (Wildman–Crippen LogP) is 1.89. The van der Waals surface area contributed by atoms with Gasteiger partial charge in [-0.05, 0) is 37.3 Å². The van der Waals surface area contributed by atoms with Crippen molar-refractivity contribution in [3.05, 3.63) is 29.6 Å². The third kappa shape index (κ3) is 5.25. The first kappa shape index (κ1) is 22.2. The molecule has 1 aromatic rings. The number of benzene rings is 1. The molecule has 0 spiro atoms. The van der Waals surface area contributed by atoms with Crippen molar-refractivity contribution >= 4 is 17.5 Å². The molecule has 0 aliphatic heterocycles. The summed E-state index contributed by atoms with van der Waals surface area (Å²) >= 11 is 0. The minimum absolute atomic E-state index is 0.121. The molecule has 0 aromatic heterocycles. The summed E-state index contributed by atoms with van der Waals surface area (Å²) in [5.74, 6) is -4.20. The van der Waals surface area contributed by atoms with Gasteiger partial charge in [-0.3, -0.25) is 9.59 Å². The molecular formula is C20H29F3N3O2+. The van der Waals surface area contributed by atoms with E-state index in [9.17, 15) is 22.8 Å². The molecule has 156 valence electrons. The van der Waals surface area contributed by atoms with E-state index in [1.807, 2.05) is 0 Å². The number of likely N-dealkylation sites (N-methyl/N-ethyl adjacent to an activating group) is 1. The molecule has 0 saturated heterocycles. The first-order valence-electron chi connectivity index (χ1n) is 9.67. The molecule has 0 radical (unpaired) electrons. The van der Waals surface area contributed by atoms with Gasteiger partial charge in [-0.2, -0.15) is 0 Å². The highest BCUT2D eigenvalue weighted by molar-refractivity contribution is 5.91. The molecule has 8 heteroatoms. The van der Waals surface area contributed by atoms with Crippen molar-refractivity contribution in [2.45, 2.75) is 52.1 Å². The van der Waals surface area contributed by atoms with Gasteiger partial charge < -0.3 is 15.5 Å². The Bertz CT molecular complexity index is 729. The molecule has 28 heavy (non-hydrogen) atoms. The smallest absolute Gasteiger partial charge is 0.279 e. The van der Waals surface area contributed by atoms with Crippen LogP contribution < -0.4 is 15.5 Å². The maximum Gasteiger partial charge on any atom is 0.279 e. The number of rotatable bonds is 6. The Morgan fingerprint density at radius 2 is 1.86 bits per heavy atom. The largest absolute Gasteiger partial charge is 0.348 e. The average Bonchev–Trinajstić information content (AvgIpc) is 2.65. The fourth-order valence-electron chi connectivity index (χ4n) is 3.54. The first-order valence-corrected chi connectivity index (χ1v) is 9.67. The van der Waals surface area contributed by atoms with Crippen molar-refractivity contribution in [3.63, 3.8) is 0 Å². The number of amides is 2. The lowest BCUT2D eigenvalue weighted by Crippen LogP contribution is -3.15. The van der Waals surface area contributed by atoms with Crippen LogP contribution in [0.2, 0.25) is 0 Å². The molecule has 1 fully saturated rings. The van der Waals surface area contributed by atoms with Gasteiger partial charge in [-0.15, -0.1) is 0 Å². The molecule has 1 aliphatic carbocycles. The van der Waals surface area contributed by atoms with Crippen LogP contribution in [0.3, 0.4) is 0 Å². The Morgan fingerprint density at radius 3 is 2.54 bits per heavy atom. The van der Waals surface area contributed by atoms with Crippen molar-refractivity contribution in [3.8, 4) is 0 Å². The summed E-state index contributed by atoms with van der Waals surface area (Å²) in [6.45, 7) is 5.92. The van der Waals surface area contributed by atoms with Gasteiger partial charge in [0.2, 0.25) is 0 Å². The highest BCUT2D eigenvalue weighted by Crippen LogP contribution is 2.29. The number of anilines is 1. The number of hydrogen-bond acceptors (Lipinski definition) is 2. The van der Waals surface area contributed by atoms with Crippen LogP contribution in [0.25, 0.3) is 0 Å². The van der Waals surface area contributed by atoms with E-state index in [2.05, 4.69) is 24.5 Å². The third-order valence-electron chi connectivity index (χ3n) is 5.92. The zero-order valence-corrected chi connectivity index (χ0v) is 16.7. The van der Waals surface area contributed by atoms with Gasteiger partial charge in [-0.1, -0.05) is 26.7 Å². The van der Waals surface area contributed by atoms with Crippen LogP contribution in [0.15, 0.2) is 12.1 Å². The van der Waals surface area contributed by atoms with Crippen molar-refractivity contribution in [2.75, 3.05) is 18.9 Å². The van der Waals surface area contributed by atoms with Gasteiger partial charge in [0.25, 0.3) is 11.8 Å². The standard InChI is InChI=1S/C20H28F3N3O2/c1-11-6-5-7-15(12(11)2)25-20(28)13(3)26(4)10-17(27)24-16-9-8-14(21)18(22)19(16)23/h8-9,11-13,15H,5-7,10H2,1-4H3,(H,24,27)(H,25,28)/p+1/t11-,12+,13+,15-/m0/s1. The van der Waals surface area contributed by atoms with Crippen LogP contribution in [0.4, 0.5) is 18.9 Å². The van der Waals surface area contributed by atoms with Gasteiger partial charge in [0.15, 0.2) is 30.0 Å². The number of nitrogens with one attached hydrogen (secondary N) is 3. The maximum absolute atomic E-state index is 13.7. The molecule has 5 atom stereocenters. The minimum atomic E-state index is -1.64. The summed E-state index contributed by atoms with van der Waals surface area (Å²) in [5, 5.41) is 5.31. The van der Waals surface area contributed by atoms with Crippen molar-refractivity contribution < 1.29 is 27.7 Å². The molecule has 3 N–H and O–H groups in total. The normalized spacial score (nSPS) is 24.3. The van der Waals surface area contributed by atoms with Gasteiger partial charge in [0.1, 0.15) is 0 Å². The number of carbonyl (C=O) groups is 2. The Balaban J connectivity index is 1.90.